The minimum absolute atomic E-state index is 0.236. The molecule has 2 aromatic carbocycles. The highest BCUT2D eigenvalue weighted by Gasteiger charge is 2.09. The maximum absolute atomic E-state index is 12.2. The number of benzene rings is 2. The zero-order valence-electron chi connectivity index (χ0n) is 11.7. The summed E-state index contributed by atoms with van der Waals surface area (Å²) in [4.78, 5) is 27.8. The van der Waals surface area contributed by atoms with E-state index in [1.165, 1.54) is 18.4 Å². The van der Waals surface area contributed by atoms with Gasteiger partial charge in [0.1, 0.15) is 0 Å². The lowest BCUT2D eigenvalue weighted by Crippen LogP contribution is -2.12. The average molecular weight is 312 g/mol. The van der Waals surface area contributed by atoms with Gasteiger partial charge >= 0.3 is 5.97 Å². The van der Waals surface area contributed by atoms with Crippen LogP contribution in [0.2, 0.25) is 0 Å². The number of hydrogen-bond donors (Lipinski definition) is 1. The first kappa shape index (κ1) is 14.2. The molecule has 5 nitrogen and oxygen atoms in total. The number of hydrogen-bond acceptors (Lipinski definition) is 5. The van der Waals surface area contributed by atoms with Gasteiger partial charge in [0.25, 0.3) is 5.91 Å². The van der Waals surface area contributed by atoms with Gasteiger partial charge in [-0.25, -0.2) is 9.78 Å². The van der Waals surface area contributed by atoms with Crippen molar-refractivity contribution in [2.24, 2.45) is 0 Å². The number of ether oxygens (including phenoxy) is 1. The summed E-state index contributed by atoms with van der Waals surface area (Å²) in [5.74, 6) is -0.664. The lowest BCUT2D eigenvalue weighted by atomic mass is 10.1. The van der Waals surface area contributed by atoms with Crippen LogP contribution in [0.3, 0.4) is 0 Å². The molecule has 110 valence electrons. The number of nitrogens with zero attached hydrogens (tertiary/aromatic N) is 1. The van der Waals surface area contributed by atoms with Crippen molar-refractivity contribution in [2.75, 3.05) is 12.4 Å². The van der Waals surface area contributed by atoms with E-state index in [4.69, 9.17) is 0 Å². The van der Waals surface area contributed by atoms with Crippen LogP contribution >= 0.6 is 11.3 Å². The summed E-state index contributed by atoms with van der Waals surface area (Å²) in [6.07, 6.45) is 0. The van der Waals surface area contributed by atoms with E-state index in [-0.39, 0.29) is 5.91 Å². The van der Waals surface area contributed by atoms with Crippen LogP contribution in [0, 0.1) is 0 Å². The van der Waals surface area contributed by atoms with E-state index < -0.39 is 5.97 Å². The van der Waals surface area contributed by atoms with Crippen LogP contribution in [0.4, 0.5) is 5.69 Å². The van der Waals surface area contributed by atoms with Crippen LogP contribution in [0.25, 0.3) is 10.2 Å². The molecule has 0 fully saturated rings. The molecular weight excluding hydrogens is 300 g/mol. The first-order chi connectivity index (χ1) is 10.7. The van der Waals surface area contributed by atoms with Crippen LogP contribution in [-0.4, -0.2) is 24.0 Å². The Kier molecular flexibility index (Phi) is 3.84. The largest absolute Gasteiger partial charge is 0.465 e. The lowest BCUT2D eigenvalue weighted by molar-refractivity contribution is 0.0600. The number of rotatable bonds is 3. The quantitative estimate of drug-likeness (QED) is 0.753. The van der Waals surface area contributed by atoms with Crippen molar-refractivity contribution in [1.82, 2.24) is 4.98 Å². The molecule has 6 heteroatoms. The normalized spacial score (nSPS) is 10.4. The molecule has 1 N–H and O–H groups in total. The number of anilines is 1. The highest BCUT2D eigenvalue weighted by Crippen LogP contribution is 2.22. The van der Waals surface area contributed by atoms with Crippen LogP contribution in [0.1, 0.15) is 20.7 Å². The van der Waals surface area contributed by atoms with Gasteiger partial charge in [0.15, 0.2) is 0 Å². The van der Waals surface area contributed by atoms with Crippen molar-refractivity contribution < 1.29 is 14.3 Å². The van der Waals surface area contributed by atoms with Gasteiger partial charge in [0.05, 0.1) is 28.4 Å². The third-order valence-corrected chi connectivity index (χ3v) is 3.95. The van der Waals surface area contributed by atoms with Gasteiger partial charge < -0.3 is 10.1 Å². The Morgan fingerprint density at radius 1 is 1.09 bits per heavy atom. The van der Waals surface area contributed by atoms with E-state index in [2.05, 4.69) is 15.0 Å². The molecule has 0 spiro atoms. The zero-order chi connectivity index (χ0) is 15.5. The molecule has 0 unspecified atom stereocenters. The van der Waals surface area contributed by atoms with Gasteiger partial charge in [-0.3, -0.25) is 4.79 Å². The molecule has 22 heavy (non-hydrogen) atoms. The number of fused-ring (bicyclic) bond motifs is 1. The van der Waals surface area contributed by atoms with Crippen molar-refractivity contribution in [1.29, 1.82) is 0 Å². The number of thiazole rings is 1. The summed E-state index contributed by atoms with van der Waals surface area (Å²) >= 11 is 1.52. The van der Waals surface area contributed by atoms with Crippen LogP contribution < -0.4 is 5.32 Å². The summed E-state index contributed by atoms with van der Waals surface area (Å²) in [5.41, 5.74) is 4.26. The first-order valence-electron chi connectivity index (χ1n) is 6.50. The Morgan fingerprint density at radius 2 is 1.82 bits per heavy atom. The van der Waals surface area contributed by atoms with Crippen LogP contribution in [0.15, 0.2) is 48.0 Å². The molecule has 3 rings (SSSR count). The molecule has 0 bridgehead atoms. The Balaban J connectivity index is 1.77. The Bertz CT molecular complexity index is 840. The lowest BCUT2D eigenvalue weighted by Gasteiger charge is -2.06. The fraction of sp³-hybridized carbons (Fsp3) is 0.0625. The molecule has 0 saturated heterocycles. The molecular formula is C16H12N2O3S. The second kappa shape index (κ2) is 5.95. The van der Waals surface area contributed by atoms with Crippen molar-refractivity contribution in [3.05, 3.63) is 59.1 Å². The smallest absolute Gasteiger partial charge is 0.337 e. The Morgan fingerprint density at radius 3 is 2.55 bits per heavy atom. The van der Waals surface area contributed by atoms with Crippen molar-refractivity contribution in [2.45, 2.75) is 0 Å². The molecule has 1 heterocycles. The van der Waals surface area contributed by atoms with Crippen LogP contribution in [-0.2, 0) is 4.74 Å². The number of esters is 1. The molecule has 0 saturated carbocycles. The van der Waals surface area contributed by atoms with E-state index in [1.807, 2.05) is 18.2 Å². The Labute approximate surface area is 130 Å². The predicted molar refractivity (Wildman–Crippen MR) is 85.4 cm³/mol. The molecule has 3 aromatic rings. The molecule has 1 aromatic heterocycles. The molecule has 0 aliphatic carbocycles. The van der Waals surface area contributed by atoms with Crippen LogP contribution in [0.5, 0.6) is 0 Å². The summed E-state index contributed by atoms with van der Waals surface area (Å²) < 4.78 is 5.63. The van der Waals surface area contributed by atoms with E-state index in [1.54, 1.807) is 29.8 Å². The number of methoxy groups -OCH3 is 1. The molecule has 0 atom stereocenters. The molecule has 0 aliphatic rings. The highest BCUT2D eigenvalue weighted by atomic mass is 32.1. The fourth-order valence-electron chi connectivity index (χ4n) is 2.01. The summed E-state index contributed by atoms with van der Waals surface area (Å²) in [7, 11) is 1.32. The molecule has 0 radical (unpaired) electrons. The van der Waals surface area contributed by atoms with Gasteiger partial charge in [-0.15, -0.1) is 11.3 Å². The maximum Gasteiger partial charge on any atom is 0.337 e. The topological polar surface area (TPSA) is 68.3 Å². The third-order valence-electron chi connectivity index (χ3n) is 3.16. The number of amides is 1. The van der Waals surface area contributed by atoms with Gasteiger partial charge in [0.2, 0.25) is 0 Å². The first-order valence-corrected chi connectivity index (χ1v) is 7.38. The maximum atomic E-state index is 12.2. The fourth-order valence-corrected chi connectivity index (χ4v) is 2.73. The molecule has 0 aliphatic heterocycles. The van der Waals surface area contributed by atoms with E-state index >= 15 is 0 Å². The standard InChI is InChI=1S/C16H12N2O3S/c1-21-16(20)11-4-2-10(3-5-11)15(19)18-12-6-7-13-14(8-12)22-9-17-13/h2-9H,1H3,(H,18,19). The van der Waals surface area contributed by atoms with Crippen molar-refractivity contribution in [3.63, 3.8) is 0 Å². The van der Waals surface area contributed by atoms with Gasteiger partial charge in [-0.2, -0.15) is 0 Å². The summed E-state index contributed by atoms with van der Waals surface area (Å²) in [6.45, 7) is 0. The van der Waals surface area contributed by atoms with E-state index in [0.29, 0.717) is 16.8 Å². The minimum Gasteiger partial charge on any atom is -0.465 e. The number of aromatic nitrogens is 1. The monoisotopic (exact) mass is 312 g/mol. The van der Waals surface area contributed by atoms with Gasteiger partial charge in [-0.1, -0.05) is 0 Å². The van der Waals surface area contributed by atoms with Gasteiger partial charge in [0, 0.05) is 11.3 Å². The molecule has 1 amide bonds. The number of carbonyl (C=O) groups is 2. The van der Waals surface area contributed by atoms with Crippen molar-refractivity contribution >= 4 is 39.1 Å². The predicted octanol–water partition coefficient (Wildman–Crippen LogP) is 3.34. The van der Waals surface area contributed by atoms with Crippen molar-refractivity contribution in [3.8, 4) is 0 Å². The number of carbonyl (C=O) groups excluding carboxylic acids is 2. The van der Waals surface area contributed by atoms with Gasteiger partial charge in [-0.05, 0) is 42.5 Å². The SMILES string of the molecule is COC(=O)c1ccc(C(=O)Nc2ccc3ncsc3c2)cc1. The second-order valence-electron chi connectivity index (χ2n) is 4.56. The summed E-state index contributed by atoms with van der Waals surface area (Å²) in [6, 6.07) is 11.9. The van der Waals surface area contributed by atoms with E-state index in [9.17, 15) is 9.59 Å². The third kappa shape index (κ3) is 2.82. The number of nitrogens with one attached hydrogen (secondary N) is 1. The minimum atomic E-state index is -0.428. The zero-order valence-corrected chi connectivity index (χ0v) is 12.5. The Hall–Kier alpha value is -2.73. The summed E-state index contributed by atoms with van der Waals surface area (Å²) in [5, 5.41) is 2.83. The van der Waals surface area contributed by atoms with E-state index in [0.717, 1.165) is 10.2 Å². The second-order valence-corrected chi connectivity index (χ2v) is 5.44. The highest BCUT2D eigenvalue weighted by molar-refractivity contribution is 7.16. The average Bonchev–Trinajstić information content (AvgIpc) is 3.02.